The molecule has 0 aliphatic rings. The number of aryl methyl sites for hydroxylation is 3. The number of hydrogen-bond donors (Lipinski definition) is 1. The molecule has 0 aliphatic carbocycles. The van der Waals surface area contributed by atoms with Crippen molar-refractivity contribution in [2.45, 2.75) is 84.6 Å². The van der Waals surface area contributed by atoms with Crippen LogP contribution in [0.4, 0.5) is 0 Å². The monoisotopic (exact) mass is 433 g/mol. The van der Waals surface area contributed by atoms with Crippen molar-refractivity contribution in [3.63, 3.8) is 0 Å². The molecule has 172 valence electrons. The standard InChI is InChI=1S/C28H39N3O/c1-3-4-5-6-7-8-13-21-31-26-18-12-11-17-25(26)30-27(31)19-14-20-29-28(32)22-24-16-10-9-15-23(24)2/h9-12,15-18H,3-8,13-14,19-22H2,1-2H3,(H,29,32). The van der Waals surface area contributed by atoms with E-state index in [0.29, 0.717) is 13.0 Å². The van der Waals surface area contributed by atoms with Crippen LogP contribution >= 0.6 is 0 Å². The second-order valence-electron chi connectivity index (χ2n) is 8.85. The zero-order valence-electron chi connectivity index (χ0n) is 19.9. The van der Waals surface area contributed by atoms with E-state index in [1.54, 1.807) is 0 Å². The molecule has 1 heterocycles. The number of aromatic nitrogens is 2. The number of imidazole rings is 1. The van der Waals surface area contributed by atoms with Gasteiger partial charge in [0.1, 0.15) is 5.82 Å². The summed E-state index contributed by atoms with van der Waals surface area (Å²) in [7, 11) is 0. The third kappa shape index (κ3) is 7.22. The highest BCUT2D eigenvalue weighted by molar-refractivity contribution is 5.79. The molecule has 0 fully saturated rings. The Morgan fingerprint density at radius 3 is 2.44 bits per heavy atom. The van der Waals surface area contributed by atoms with Crippen LogP contribution in [0.2, 0.25) is 0 Å². The van der Waals surface area contributed by atoms with E-state index in [0.717, 1.165) is 36.3 Å². The molecule has 1 N–H and O–H groups in total. The van der Waals surface area contributed by atoms with Crippen molar-refractivity contribution in [1.29, 1.82) is 0 Å². The molecule has 2 aromatic carbocycles. The topological polar surface area (TPSA) is 46.9 Å². The van der Waals surface area contributed by atoms with Crippen molar-refractivity contribution < 1.29 is 4.79 Å². The molecule has 0 saturated heterocycles. The summed E-state index contributed by atoms with van der Waals surface area (Å²) in [5, 5.41) is 3.08. The van der Waals surface area contributed by atoms with Crippen molar-refractivity contribution in [2.24, 2.45) is 0 Å². The molecule has 1 aromatic heterocycles. The SMILES string of the molecule is CCCCCCCCCn1c(CCCNC(=O)Cc2ccccc2C)nc2ccccc21. The molecular formula is C28H39N3O. The Hall–Kier alpha value is -2.62. The number of nitrogens with zero attached hydrogens (tertiary/aromatic N) is 2. The van der Waals surface area contributed by atoms with Gasteiger partial charge in [0, 0.05) is 19.5 Å². The first-order chi connectivity index (χ1) is 15.7. The molecule has 32 heavy (non-hydrogen) atoms. The number of carbonyl (C=O) groups excluding carboxylic acids is 1. The highest BCUT2D eigenvalue weighted by atomic mass is 16.1. The number of fused-ring (bicyclic) bond motifs is 1. The number of nitrogens with one attached hydrogen (secondary N) is 1. The Morgan fingerprint density at radius 1 is 0.906 bits per heavy atom. The van der Waals surface area contributed by atoms with E-state index in [-0.39, 0.29) is 5.91 Å². The van der Waals surface area contributed by atoms with E-state index < -0.39 is 0 Å². The highest BCUT2D eigenvalue weighted by Gasteiger charge is 2.11. The second-order valence-corrected chi connectivity index (χ2v) is 8.85. The number of para-hydroxylation sites is 2. The van der Waals surface area contributed by atoms with E-state index in [1.807, 2.05) is 18.2 Å². The van der Waals surface area contributed by atoms with E-state index in [4.69, 9.17) is 4.98 Å². The van der Waals surface area contributed by atoms with E-state index in [9.17, 15) is 4.79 Å². The number of rotatable bonds is 14. The first kappa shape index (κ1) is 24.0. The van der Waals surface area contributed by atoms with Crippen molar-refractivity contribution in [2.75, 3.05) is 6.54 Å². The molecular weight excluding hydrogens is 394 g/mol. The zero-order chi connectivity index (χ0) is 22.6. The maximum atomic E-state index is 12.3. The quantitative estimate of drug-likeness (QED) is 0.300. The van der Waals surface area contributed by atoms with Gasteiger partial charge in [-0.1, -0.05) is 81.8 Å². The van der Waals surface area contributed by atoms with Gasteiger partial charge in [0.2, 0.25) is 5.91 Å². The first-order valence-electron chi connectivity index (χ1n) is 12.4. The van der Waals surface area contributed by atoms with Crippen molar-refractivity contribution in [3.05, 3.63) is 65.5 Å². The summed E-state index contributed by atoms with van der Waals surface area (Å²) in [4.78, 5) is 17.2. The average molecular weight is 434 g/mol. The fourth-order valence-corrected chi connectivity index (χ4v) is 4.31. The predicted molar refractivity (Wildman–Crippen MR) is 134 cm³/mol. The van der Waals surface area contributed by atoms with Crippen LogP contribution in [-0.2, 0) is 24.2 Å². The van der Waals surface area contributed by atoms with Gasteiger partial charge in [-0.3, -0.25) is 4.79 Å². The zero-order valence-corrected chi connectivity index (χ0v) is 19.9. The van der Waals surface area contributed by atoms with Crippen LogP contribution in [-0.4, -0.2) is 22.0 Å². The third-order valence-corrected chi connectivity index (χ3v) is 6.23. The van der Waals surface area contributed by atoms with Crippen LogP contribution in [0.5, 0.6) is 0 Å². The Bertz CT molecular complexity index is 976. The highest BCUT2D eigenvalue weighted by Crippen LogP contribution is 2.19. The minimum absolute atomic E-state index is 0.0934. The summed E-state index contributed by atoms with van der Waals surface area (Å²) in [6.45, 7) is 6.04. The Balaban J connectivity index is 1.47. The van der Waals surface area contributed by atoms with Gasteiger partial charge >= 0.3 is 0 Å². The maximum absolute atomic E-state index is 12.3. The normalized spacial score (nSPS) is 11.2. The lowest BCUT2D eigenvalue weighted by molar-refractivity contribution is -0.120. The van der Waals surface area contributed by atoms with Crippen LogP contribution < -0.4 is 5.32 Å². The number of unbranched alkanes of at least 4 members (excludes halogenated alkanes) is 6. The molecule has 4 nitrogen and oxygen atoms in total. The molecule has 0 saturated carbocycles. The van der Waals surface area contributed by atoms with Crippen LogP contribution in [0.1, 0.15) is 75.2 Å². The molecule has 0 spiro atoms. The predicted octanol–water partition coefficient (Wildman–Crippen LogP) is 6.39. The number of hydrogen-bond acceptors (Lipinski definition) is 2. The van der Waals surface area contributed by atoms with Crippen molar-refractivity contribution in [1.82, 2.24) is 14.9 Å². The lowest BCUT2D eigenvalue weighted by Crippen LogP contribution is -2.26. The second kappa shape index (κ2) is 13.0. The van der Waals surface area contributed by atoms with Gasteiger partial charge in [0.15, 0.2) is 0 Å². The summed E-state index contributed by atoms with van der Waals surface area (Å²) in [6, 6.07) is 16.5. The summed E-state index contributed by atoms with van der Waals surface area (Å²) < 4.78 is 2.40. The number of benzene rings is 2. The summed E-state index contributed by atoms with van der Waals surface area (Å²) in [5.74, 6) is 1.24. The van der Waals surface area contributed by atoms with Crippen molar-refractivity contribution >= 4 is 16.9 Å². The molecule has 3 rings (SSSR count). The molecule has 0 bridgehead atoms. The maximum Gasteiger partial charge on any atom is 0.224 e. The fourth-order valence-electron chi connectivity index (χ4n) is 4.31. The molecule has 0 unspecified atom stereocenters. The van der Waals surface area contributed by atoms with Gasteiger partial charge in [-0.25, -0.2) is 4.98 Å². The van der Waals surface area contributed by atoms with Gasteiger partial charge in [-0.15, -0.1) is 0 Å². The Labute approximate surface area is 193 Å². The number of amides is 1. The molecule has 1 amide bonds. The van der Waals surface area contributed by atoms with Gasteiger partial charge in [0.05, 0.1) is 17.5 Å². The summed E-state index contributed by atoms with van der Waals surface area (Å²) >= 11 is 0. The molecule has 0 radical (unpaired) electrons. The van der Waals surface area contributed by atoms with E-state index in [1.165, 1.54) is 56.0 Å². The Morgan fingerprint density at radius 2 is 1.62 bits per heavy atom. The minimum Gasteiger partial charge on any atom is -0.356 e. The largest absolute Gasteiger partial charge is 0.356 e. The lowest BCUT2D eigenvalue weighted by Gasteiger charge is -2.10. The van der Waals surface area contributed by atoms with Gasteiger partial charge in [-0.05, 0) is 43.0 Å². The van der Waals surface area contributed by atoms with E-state index in [2.05, 4.69) is 54.1 Å². The van der Waals surface area contributed by atoms with Crippen LogP contribution in [0.3, 0.4) is 0 Å². The fraction of sp³-hybridized carbons (Fsp3) is 0.500. The average Bonchev–Trinajstić information content (AvgIpc) is 3.15. The van der Waals surface area contributed by atoms with Gasteiger partial charge < -0.3 is 9.88 Å². The smallest absolute Gasteiger partial charge is 0.224 e. The van der Waals surface area contributed by atoms with E-state index >= 15 is 0 Å². The molecule has 4 heteroatoms. The third-order valence-electron chi connectivity index (χ3n) is 6.23. The van der Waals surface area contributed by atoms with Crippen molar-refractivity contribution in [3.8, 4) is 0 Å². The van der Waals surface area contributed by atoms with Crippen LogP contribution in [0.25, 0.3) is 11.0 Å². The molecule has 0 atom stereocenters. The Kier molecular flexibility index (Phi) is 9.80. The summed E-state index contributed by atoms with van der Waals surface area (Å²) in [5.41, 5.74) is 4.58. The minimum atomic E-state index is 0.0934. The summed E-state index contributed by atoms with van der Waals surface area (Å²) in [6.07, 6.45) is 11.4. The molecule has 3 aromatic rings. The lowest BCUT2D eigenvalue weighted by atomic mass is 10.1. The first-order valence-corrected chi connectivity index (χ1v) is 12.4. The van der Waals surface area contributed by atoms with Gasteiger partial charge in [-0.2, -0.15) is 0 Å². The van der Waals surface area contributed by atoms with Crippen LogP contribution in [0.15, 0.2) is 48.5 Å². The number of carbonyl (C=O) groups is 1. The van der Waals surface area contributed by atoms with Crippen LogP contribution in [0, 0.1) is 6.92 Å². The molecule has 0 aliphatic heterocycles. The van der Waals surface area contributed by atoms with Gasteiger partial charge in [0.25, 0.3) is 0 Å².